The predicted molar refractivity (Wildman–Crippen MR) is 133 cm³/mol. The number of nitrogens with zero attached hydrogens (tertiary/aromatic N) is 3. The van der Waals surface area contributed by atoms with Gasteiger partial charge in [0.05, 0.1) is 24.8 Å². The van der Waals surface area contributed by atoms with Crippen molar-refractivity contribution in [2.45, 2.75) is 37.3 Å². The first-order valence-electron chi connectivity index (χ1n) is 12.0. The van der Waals surface area contributed by atoms with Gasteiger partial charge in [0.25, 0.3) is 0 Å². The molecular formula is C27H27F3N4O4. The Morgan fingerprint density at radius 3 is 2.47 bits per heavy atom. The summed E-state index contributed by atoms with van der Waals surface area (Å²) in [4.78, 5) is 32.8. The topological polar surface area (TPSA) is 105 Å². The summed E-state index contributed by atoms with van der Waals surface area (Å²) in [5.41, 5.74) is 0.981. The van der Waals surface area contributed by atoms with Gasteiger partial charge in [-0.1, -0.05) is 42.5 Å². The number of carbonyl (C=O) groups excluding carboxylic acids is 1. The largest absolute Gasteiger partial charge is 0.469 e. The van der Waals surface area contributed by atoms with Crippen LogP contribution < -0.4 is 5.32 Å². The molecule has 3 aromatic rings. The van der Waals surface area contributed by atoms with Crippen LogP contribution >= 0.6 is 0 Å². The van der Waals surface area contributed by atoms with Gasteiger partial charge >= 0.3 is 18.2 Å². The summed E-state index contributed by atoms with van der Waals surface area (Å²) in [6, 6.07) is 16.1. The number of ether oxygens (including phenoxy) is 1. The Kier molecular flexibility index (Phi) is 8.13. The molecule has 2 N–H and O–H groups in total. The average molecular weight is 529 g/mol. The van der Waals surface area contributed by atoms with Gasteiger partial charge in [0.15, 0.2) is 0 Å². The van der Waals surface area contributed by atoms with Gasteiger partial charge in [0.1, 0.15) is 0 Å². The molecule has 8 nitrogen and oxygen atoms in total. The fourth-order valence-corrected chi connectivity index (χ4v) is 4.61. The molecule has 1 aromatic heterocycles. The van der Waals surface area contributed by atoms with Crippen molar-refractivity contribution in [3.8, 4) is 0 Å². The third kappa shape index (κ3) is 6.58. The van der Waals surface area contributed by atoms with Crippen molar-refractivity contribution in [1.29, 1.82) is 0 Å². The van der Waals surface area contributed by atoms with Gasteiger partial charge in [-0.15, -0.1) is 0 Å². The van der Waals surface area contributed by atoms with Gasteiger partial charge in [-0.3, -0.25) is 4.79 Å². The van der Waals surface area contributed by atoms with Crippen LogP contribution in [0.5, 0.6) is 0 Å². The van der Waals surface area contributed by atoms with E-state index in [9.17, 15) is 22.8 Å². The number of likely N-dealkylation sites (tertiary alicyclic amines) is 1. The van der Waals surface area contributed by atoms with Crippen LogP contribution in [0.2, 0.25) is 0 Å². The lowest BCUT2D eigenvalue weighted by Gasteiger charge is -2.21. The van der Waals surface area contributed by atoms with Crippen LogP contribution in [0.15, 0.2) is 60.8 Å². The number of halogens is 3. The Morgan fingerprint density at radius 1 is 1.16 bits per heavy atom. The summed E-state index contributed by atoms with van der Waals surface area (Å²) in [6.07, 6.45) is -4.35. The molecule has 11 heteroatoms. The van der Waals surface area contributed by atoms with E-state index in [4.69, 9.17) is 9.84 Å². The first-order valence-corrected chi connectivity index (χ1v) is 12.0. The van der Waals surface area contributed by atoms with Crippen LogP contribution in [-0.4, -0.2) is 52.2 Å². The number of methoxy groups -OCH3 is 1. The number of anilines is 2. The molecule has 1 saturated heterocycles. The number of nitrogens with one attached hydrogen (secondary N) is 1. The molecule has 1 aliphatic rings. The summed E-state index contributed by atoms with van der Waals surface area (Å²) in [5, 5.41) is 12.1. The van der Waals surface area contributed by atoms with Crippen molar-refractivity contribution in [2.24, 2.45) is 0 Å². The van der Waals surface area contributed by atoms with Gasteiger partial charge in [-0.2, -0.15) is 13.2 Å². The molecule has 1 fully saturated rings. The van der Waals surface area contributed by atoms with E-state index in [1.54, 1.807) is 42.5 Å². The first kappa shape index (κ1) is 26.9. The summed E-state index contributed by atoms with van der Waals surface area (Å²) < 4.78 is 46.6. The van der Waals surface area contributed by atoms with Crippen LogP contribution in [0.3, 0.4) is 0 Å². The third-order valence-electron chi connectivity index (χ3n) is 6.57. The Morgan fingerprint density at radius 2 is 1.87 bits per heavy atom. The molecule has 1 aliphatic heterocycles. The van der Waals surface area contributed by atoms with E-state index in [1.165, 1.54) is 12.0 Å². The van der Waals surface area contributed by atoms with Crippen molar-refractivity contribution in [3.05, 3.63) is 83.2 Å². The van der Waals surface area contributed by atoms with Gasteiger partial charge in [-0.05, 0) is 36.1 Å². The second-order valence-electron chi connectivity index (χ2n) is 9.12. The molecule has 2 heterocycles. The van der Waals surface area contributed by atoms with Crippen LogP contribution in [-0.2, 0) is 22.1 Å². The minimum atomic E-state index is -4.72. The molecule has 0 spiro atoms. The van der Waals surface area contributed by atoms with Crippen LogP contribution in [0.4, 0.5) is 29.6 Å². The molecular weight excluding hydrogens is 501 g/mol. The molecule has 0 bridgehead atoms. The van der Waals surface area contributed by atoms with Crippen molar-refractivity contribution in [3.63, 3.8) is 0 Å². The Hall–Kier alpha value is -4.15. The monoisotopic (exact) mass is 528 g/mol. The van der Waals surface area contributed by atoms with Crippen molar-refractivity contribution < 1.29 is 32.6 Å². The SMILES string of the molecule is COC(=O)CC(Cc1ccccc1)c1nc(Nc2ccc(C3CCN(C(=O)O)C3)cc2)ncc1C(F)(F)F. The maximum Gasteiger partial charge on any atom is 0.419 e. The second kappa shape index (κ2) is 11.5. The highest BCUT2D eigenvalue weighted by Crippen LogP contribution is 2.37. The van der Waals surface area contributed by atoms with Gasteiger partial charge < -0.3 is 20.1 Å². The highest BCUT2D eigenvalue weighted by Gasteiger charge is 2.38. The van der Waals surface area contributed by atoms with Crippen LogP contribution in [0.1, 0.15) is 47.1 Å². The number of benzene rings is 2. The third-order valence-corrected chi connectivity index (χ3v) is 6.57. The van der Waals surface area contributed by atoms with E-state index < -0.39 is 29.7 Å². The summed E-state index contributed by atoms with van der Waals surface area (Å²) >= 11 is 0. The normalized spacial score (nSPS) is 16.2. The molecule has 0 aliphatic carbocycles. The lowest BCUT2D eigenvalue weighted by Crippen LogP contribution is -2.26. The average Bonchev–Trinajstić information content (AvgIpc) is 3.39. The van der Waals surface area contributed by atoms with Crippen LogP contribution in [0, 0.1) is 0 Å². The number of rotatable bonds is 8. The molecule has 2 atom stereocenters. The molecule has 0 radical (unpaired) electrons. The maximum atomic E-state index is 13.9. The van der Waals surface area contributed by atoms with Crippen molar-refractivity contribution >= 4 is 23.7 Å². The number of aromatic nitrogens is 2. The molecule has 2 unspecified atom stereocenters. The van der Waals surface area contributed by atoms with E-state index in [0.29, 0.717) is 25.2 Å². The fourth-order valence-electron chi connectivity index (χ4n) is 4.61. The van der Waals surface area contributed by atoms with E-state index in [2.05, 4.69) is 15.3 Å². The van der Waals surface area contributed by atoms with Gasteiger partial charge in [-0.25, -0.2) is 14.8 Å². The van der Waals surface area contributed by atoms with Gasteiger partial charge in [0.2, 0.25) is 5.95 Å². The zero-order valence-electron chi connectivity index (χ0n) is 20.6. The van der Waals surface area contributed by atoms with Gasteiger partial charge in [0, 0.05) is 36.8 Å². The standard InChI is InChI=1S/C27H27F3N4O4/c1-38-23(35)14-20(13-17-5-3-2-4-6-17)24-22(27(28,29)30)15-31-25(33-24)32-21-9-7-18(8-10-21)19-11-12-34(16-19)26(36)37/h2-10,15,19-20H,11-14,16H2,1H3,(H,36,37)(H,31,32,33). The number of carbonyl (C=O) groups is 2. The van der Waals surface area contributed by atoms with E-state index in [0.717, 1.165) is 17.3 Å². The van der Waals surface area contributed by atoms with E-state index in [-0.39, 0.29) is 30.4 Å². The van der Waals surface area contributed by atoms with E-state index >= 15 is 0 Å². The highest BCUT2D eigenvalue weighted by molar-refractivity contribution is 5.70. The number of hydrogen-bond acceptors (Lipinski definition) is 6. The van der Waals surface area contributed by atoms with Crippen molar-refractivity contribution in [2.75, 3.05) is 25.5 Å². The highest BCUT2D eigenvalue weighted by atomic mass is 19.4. The number of carboxylic acid groups (broad SMARTS) is 1. The Bertz CT molecular complexity index is 1270. The zero-order valence-corrected chi connectivity index (χ0v) is 20.6. The fraction of sp³-hybridized carbons (Fsp3) is 0.333. The molecule has 4 rings (SSSR count). The Labute approximate surface area is 217 Å². The lowest BCUT2D eigenvalue weighted by molar-refractivity contribution is -0.143. The maximum absolute atomic E-state index is 13.9. The Balaban J connectivity index is 1.60. The molecule has 1 amide bonds. The van der Waals surface area contributed by atoms with E-state index in [1.807, 2.05) is 12.1 Å². The summed E-state index contributed by atoms with van der Waals surface area (Å²) in [7, 11) is 1.19. The summed E-state index contributed by atoms with van der Waals surface area (Å²) in [5.74, 6) is -1.50. The van der Waals surface area contributed by atoms with Crippen LogP contribution in [0.25, 0.3) is 0 Å². The second-order valence-corrected chi connectivity index (χ2v) is 9.12. The number of hydrogen-bond donors (Lipinski definition) is 2. The quantitative estimate of drug-likeness (QED) is 0.367. The minimum absolute atomic E-state index is 0.0402. The number of amides is 1. The van der Waals surface area contributed by atoms with Crippen molar-refractivity contribution in [1.82, 2.24) is 14.9 Å². The molecule has 200 valence electrons. The number of esters is 1. The molecule has 38 heavy (non-hydrogen) atoms. The molecule has 2 aromatic carbocycles. The predicted octanol–water partition coefficient (Wildman–Crippen LogP) is 5.60. The summed E-state index contributed by atoms with van der Waals surface area (Å²) in [6.45, 7) is 0.883. The lowest BCUT2D eigenvalue weighted by atomic mass is 9.90. The zero-order chi connectivity index (χ0) is 27.3. The number of alkyl halides is 3. The smallest absolute Gasteiger partial charge is 0.419 e. The first-order chi connectivity index (χ1) is 18.1. The molecule has 0 saturated carbocycles. The minimum Gasteiger partial charge on any atom is -0.469 e.